The van der Waals surface area contributed by atoms with Gasteiger partial charge in [-0.05, 0) is 23.8 Å². The van der Waals surface area contributed by atoms with E-state index in [0.29, 0.717) is 10.4 Å². The molecular formula is C21H17NO4S. The average molecular weight is 379 g/mol. The predicted octanol–water partition coefficient (Wildman–Crippen LogP) is 4.22. The third-order valence-corrected chi connectivity index (χ3v) is 4.87. The first-order valence-corrected chi connectivity index (χ1v) is 8.95. The van der Waals surface area contributed by atoms with Crippen molar-refractivity contribution in [1.29, 1.82) is 0 Å². The smallest absolute Gasteiger partial charge is 0.341 e. The molecule has 1 aromatic heterocycles. The van der Waals surface area contributed by atoms with Crippen LogP contribution in [0.1, 0.15) is 20.7 Å². The highest BCUT2D eigenvalue weighted by molar-refractivity contribution is 7.13. The summed E-state index contributed by atoms with van der Waals surface area (Å²) in [6.45, 7) is 0. The van der Waals surface area contributed by atoms with Crippen LogP contribution >= 0.6 is 11.3 Å². The summed E-state index contributed by atoms with van der Waals surface area (Å²) in [5.41, 5.74) is 1.79. The van der Waals surface area contributed by atoms with Crippen LogP contribution in [0.25, 0.3) is 10.4 Å². The Balaban J connectivity index is 2.35. The number of nitrogens with zero attached hydrogens (tertiary/aromatic N) is 1. The van der Waals surface area contributed by atoms with Crippen molar-refractivity contribution in [2.75, 3.05) is 14.2 Å². The molecular weight excluding hydrogens is 362 g/mol. The summed E-state index contributed by atoms with van der Waals surface area (Å²) < 4.78 is 10.2. The van der Waals surface area contributed by atoms with Gasteiger partial charge in [0.2, 0.25) is 0 Å². The minimum atomic E-state index is -0.638. The lowest BCUT2D eigenvalue weighted by atomic mass is 10.1. The number of rotatable bonds is 4. The van der Waals surface area contributed by atoms with E-state index in [1.165, 1.54) is 25.6 Å². The van der Waals surface area contributed by atoms with Crippen molar-refractivity contribution in [2.24, 2.45) is 4.99 Å². The molecule has 1 heterocycles. The zero-order chi connectivity index (χ0) is 19.2. The fraction of sp³-hybridized carbons (Fsp3) is 0.0952. The normalized spacial score (nSPS) is 11.1. The summed E-state index contributed by atoms with van der Waals surface area (Å²) in [5.74, 6) is -1.26. The molecule has 0 spiro atoms. The quantitative estimate of drug-likeness (QED) is 0.637. The van der Waals surface area contributed by atoms with Crippen molar-refractivity contribution in [2.45, 2.75) is 0 Å². The minimum Gasteiger partial charge on any atom is -0.465 e. The van der Waals surface area contributed by atoms with Gasteiger partial charge in [-0.3, -0.25) is 0 Å². The van der Waals surface area contributed by atoms with E-state index in [1.54, 1.807) is 6.07 Å². The molecule has 136 valence electrons. The summed E-state index contributed by atoms with van der Waals surface area (Å²) in [4.78, 5) is 30.2. The first-order chi connectivity index (χ1) is 13.1. The molecule has 3 aromatic rings. The van der Waals surface area contributed by atoms with Crippen molar-refractivity contribution in [1.82, 2.24) is 0 Å². The van der Waals surface area contributed by atoms with Crippen molar-refractivity contribution < 1.29 is 19.1 Å². The SMILES string of the molecule is COC(=O)c1cc(-c2ccccc2)sc(=Nc2ccccc2)c1C(=O)OC. The van der Waals surface area contributed by atoms with Gasteiger partial charge in [0, 0.05) is 4.88 Å². The molecule has 0 unspecified atom stereocenters. The van der Waals surface area contributed by atoms with Gasteiger partial charge in [0.25, 0.3) is 0 Å². The molecule has 0 saturated carbocycles. The number of hydrogen-bond donors (Lipinski definition) is 0. The van der Waals surface area contributed by atoms with Gasteiger partial charge in [-0.25, -0.2) is 14.6 Å². The van der Waals surface area contributed by atoms with E-state index in [1.807, 2.05) is 60.7 Å². The topological polar surface area (TPSA) is 65.0 Å². The molecule has 0 aliphatic carbocycles. The maximum Gasteiger partial charge on any atom is 0.341 e. The second-order valence-corrected chi connectivity index (χ2v) is 6.53. The minimum absolute atomic E-state index is 0.0953. The first kappa shape index (κ1) is 18.5. The van der Waals surface area contributed by atoms with E-state index in [9.17, 15) is 9.59 Å². The van der Waals surface area contributed by atoms with Crippen molar-refractivity contribution in [3.63, 3.8) is 0 Å². The largest absolute Gasteiger partial charge is 0.465 e. The van der Waals surface area contributed by atoms with Gasteiger partial charge >= 0.3 is 11.9 Å². The number of hydrogen-bond acceptors (Lipinski definition) is 6. The van der Waals surface area contributed by atoms with E-state index in [-0.39, 0.29) is 11.1 Å². The number of methoxy groups -OCH3 is 2. The summed E-state index contributed by atoms with van der Waals surface area (Å²) in [6.07, 6.45) is 0. The van der Waals surface area contributed by atoms with Crippen LogP contribution in [0.5, 0.6) is 0 Å². The van der Waals surface area contributed by atoms with Gasteiger partial charge < -0.3 is 9.47 Å². The monoisotopic (exact) mass is 379 g/mol. The van der Waals surface area contributed by atoms with Gasteiger partial charge in [-0.2, -0.15) is 0 Å². The number of benzene rings is 2. The molecule has 6 heteroatoms. The van der Waals surface area contributed by atoms with Gasteiger partial charge in [-0.1, -0.05) is 48.5 Å². The molecule has 0 aliphatic rings. The van der Waals surface area contributed by atoms with Crippen molar-refractivity contribution in [3.8, 4) is 10.4 Å². The Hall–Kier alpha value is -3.25. The highest BCUT2D eigenvalue weighted by atomic mass is 32.1. The maximum absolute atomic E-state index is 12.4. The number of carbonyl (C=O) groups is 2. The van der Waals surface area contributed by atoms with Gasteiger partial charge in [-0.15, -0.1) is 11.3 Å². The molecule has 27 heavy (non-hydrogen) atoms. The Morgan fingerprint density at radius 2 is 1.44 bits per heavy atom. The van der Waals surface area contributed by atoms with Crippen LogP contribution in [-0.4, -0.2) is 26.2 Å². The van der Waals surface area contributed by atoms with E-state index < -0.39 is 11.9 Å². The lowest BCUT2D eigenvalue weighted by Crippen LogP contribution is -2.21. The molecule has 0 aliphatic heterocycles. The fourth-order valence-corrected chi connectivity index (χ4v) is 3.60. The summed E-state index contributed by atoms with van der Waals surface area (Å²) >= 11 is 1.31. The Morgan fingerprint density at radius 1 is 0.852 bits per heavy atom. The summed E-state index contributed by atoms with van der Waals surface area (Å²) in [7, 11) is 2.54. The standard InChI is InChI=1S/C21H17NO4S/c1-25-20(23)16-13-17(14-9-5-3-6-10-14)27-19(18(16)21(24)26-2)22-15-11-7-4-8-12-15/h3-13H,1-2H3. The molecule has 0 N–H and O–H groups in total. The van der Waals surface area contributed by atoms with Crippen LogP contribution in [-0.2, 0) is 9.47 Å². The molecule has 0 bridgehead atoms. The second-order valence-electron chi connectivity index (χ2n) is 5.50. The van der Waals surface area contributed by atoms with E-state index in [4.69, 9.17) is 9.47 Å². The average Bonchev–Trinajstić information content (AvgIpc) is 2.73. The van der Waals surface area contributed by atoms with Gasteiger partial charge in [0.05, 0.1) is 25.5 Å². The van der Waals surface area contributed by atoms with Crippen molar-refractivity contribution in [3.05, 3.63) is 82.5 Å². The van der Waals surface area contributed by atoms with Crippen LogP contribution in [0, 0.1) is 0 Å². The van der Waals surface area contributed by atoms with Crippen LogP contribution in [0.15, 0.2) is 71.7 Å². The van der Waals surface area contributed by atoms with Crippen LogP contribution in [0.3, 0.4) is 0 Å². The summed E-state index contributed by atoms with van der Waals surface area (Å²) in [5, 5.41) is 0. The van der Waals surface area contributed by atoms with E-state index in [0.717, 1.165) is 10.4 Å². The van der Waals surface area contributed by atoms with Crippen LogP contribution < -0.4 is 4.67 Å². The maximum atomic E-state index is 12.4. The number of para-hydroxylation sites is 1. The molecule has 5 nitrogen and oxygen atoms in total. The molecule has 0 amide bonds. The van der Waals surface area contributed by atoms with Crippen molar-refractivity contribution >= 4 is 29.0 Å². The van der Waals surface area contributed by atoms with Gasteiger partial charge in [0.1, 0.15) is 10.2 Å². The third-order valence-electron chi connectivity index (χ3n) is 3.81. The molecule has 0 radical (unpaired) electrons. The Kier molecular flexibility index (Phi) is 5.78. The molecule has 0 fully saturated rings. The predicted molar refractivity (Wildman–Crippen MR) is 104 cm³/mol. The second kappa shape index (κ2) is 8.42. The highest BCUT2D eigenvalue weighted by Crippen LogP contribution is 2.26. The molecule has 3 rings (SSSR count). The Bertz CT molecular complexity index is 1030. The number of carbonyl (C=O) groups excluding carboxylic acids is 2. The Morgan fingerprint density at radius 3 is 2.04 bits per heavy atom. The zero-order valence-corrected chi connectivity index (χ0v) is 15.7. The summed E-state index contributed by atoms with van der Waals surface area (Å²) in [6, 6.07) is 20.4. The lowest BCUT2D eigenvalue weighted by molar-refractivity contribution is 0.0554. The van der Waals surface area contributed by atoms with Gasteiger partial charge in [0.15, 0.2) is 0 Å². The molecule has 0 atom stereocenters. The number of esters is 2. The Labute approximate surface area is 160 Å². The fourth-order valence-electron chi connectivity index (χ4n) is 2.52. The lowest BCUT2D eigenvalue weighted by Gasteiger charge is -2.10. The van der Waals surface area contributed by atoms with Crippen LogP contribution in [0.4, 0.5) is 5.69 Å². The zero-order valence-electron chi connectivity index (χ0n) is 14.8. The van der Waals surface area contributed by atoms with E-state index >= 15 is 0 Å². The first-order valence-electron chi connectivity index (χ1n) is 8.14. The molecule has 2 aromatic carbocycles. The highest BCUT2D eigenvalue weighted by Gasteiger charge is 2.23. The van der Waals surface area contributed by atoms with Crippen LogP contribution in [0.2, 0.25) is 0 Å². The third kappa shape index (κ3) is 4.12. The molecule has 0 saturated heterocycles. The number of ether oxygens (including phenoxy) is 2. The van der Waals surface area contributed by atoms with E-state index in [2.05, 4.69) is 4.99 Å².